The van der Waals surface area contributed by atoms with Crippen LogP contribution in [0, 0.1) is 0 Å². The van der Waals surface area contributed by atoms with Gasteiger partial charge in [0.25, 0.3) is 0 Å². The molecule has 0 bridgehead atoms. The topological polar surface area (TPSA) is 66.4 Å². The molecule has 0 saturated heterocycles. The van der Waals surface area contributed by atoms with Crippen LogP contribution >= 0.6 is 0 Å². The maximum Gasteiger partial charge on any atom is 1.00 e. The Morgan fingerprint density at radius 1 is 0.656 bits per heavy atom. The summed E-state index contributed by atoms with van der Waals surface area (Å²) in [5.41, 5.74) is 1.30. The molecular weight excluding hydrogens is 431 g/mol. The van der Waals surface area contributed by atoms with Crippen LogP contribution in [-0.4, -0.2) is 13.0 Å². The summed E-state index contributed by atoms with van der Waals surface area (Å²) in [7, 11) is -4.43. The normalized spacial score (nSPS) is 11.2. The summed E-state index contributed by atoms with van der Waals surface area (Å²) >= 11 is 0. The van der Waals surface area contributed by atoms with Crippen LogP contribution in [0.2, 0.25) is 0 Å². The molecule has 0 unspecified atom stereocenters. The van der Waals surface area contributed by atoms with Crippen molar-refractivity contribution in [2.45, 2.75) is 95.3 Å². The van der Waals surface area contributed by atoms with Crippen molar-refractivity contribution < 1.29 is 47.3 Å². The van der Waals surface area contributed by atoms with E-state index in [0.29, 0.717) is 11.5 Å². The Morgan fingerprint density at radius 2 is 1.06 bits per heavy atom. The molecule has 0 aromatic heterocycles. The number of hydrogen-bond donors (Lipinski definition) is 0. The van der Waals surface area contributed by atoms with E-state index in [1.54, 1.807) is 0 Å². The Balaban J connectivity index is 0.00000512. The number of rotatable bonds is 16. The maximum atomic E-state index is 11.0. The van der Waals surface area contributed by atoms with E-state index in [2.05, 4.69) is 19.1 Å². The summed E-state index contributed by atoms with van der Waals surface area (Å²) < 4.78 is 38.6. The van der Waals surface area contributed by atoms with E-state index in [9.17, 15) is 13.0 Å². The third kappa shape index (κ3) is 12.4. The average molecular weight is 469 g/mol. The van der Waals surface area contributed by atoms with Crippen LogP contribution in [0.1, 0.15) is 89.5 Å². The van der Waals surface area contributed by atoms with E-state index >= 15 is 0 Å². The number of ether oxygens (including phenoxy) is 1. The van der Waals surface area contributed by atoms with Crippen LogP contribution in [0.3, 0.4) is 0 Å². The fraction of sp³-hybridized carbons (Fsp3) is 0.538. The zero-order valence-electron chi connectivity index (χ0n) is 19.9. The largest absolute Gasteiger partial charge is 1.00 e. The van der Waals surface area contributed by atoms with Gasteiger partial charge in [0, 0.05) is 0 Å². The molecule has 0 atom stereocenters. The molecule has 0 amide bonds. The smallest absolute Gasteiger partial charge is 0.744 e. The first kappa shape index (κ1) is 29.2. The zero-order chi connectivity index (χ0) is 22.4. The minimum Gasteiger partial charge on any atom is -0.744 e. The SMILES string of the molecule is CCCCCCCCCCCCCCc1ccc(Oc2ccc(S(=O)(=O)[O-])cc2)cc1.[Na+]. The van der Waals surface area contributed by atoms with Crippen molar-refractivity contribution in [3.63, 3.8) is 0 Å². The molecule has 0 fully saturated rings. The molecule has 0 radical (unpaired) electrons. The second-order valence-electron chi connectivity index (χ2n) is 8.31. The Hall–Kier alpha value is -0.850. The zero-order valence-corrected chi connectivity index (χ0v) is 22.7. The van der Waals surface area contributed by atoms with E-state index in [-0.39, 0.29) is 34.5 Å². The van der Waals surface area contributed by atoms with Crippen LogP contribution in [0.5, 0.6) is 11.5 Å². The van der Waals surface area contributed by atoms with Gasteiger partial charge in [0.1, 0.15) is 21.6 Å². The number of benzene rings is 2. The molecule has 2 aromatic rings. The first-order valence-electron chi connectivity index (χ1n) is 11.8. The summed E-state index contributed by atoms with van der Waals surface area (Å²) in [6.07, 6.45) is 17.4. The molecule has 0 aliphatic rings. The molecule has 0 N–H and O–H groups in total. The van der Waals surface area contributed by atoms with Crippen LogP contribution in [0.25, 0.3) is 0 Å². The van der Waals surface area contributed by atoms with Gasteiger partial charge in [-0.3, -0.25) is 0 Å². The van der Waals surface area contributed by atoms with Crippen molar-refractivity contribution in [1.82, 2.24) is 0 Å². The Bertz CT molecular complexity index is 833. The number of aryl methyl sites for hydroxylation is 1. The van der Waals surface area contributed by atoms with E-state index in [0.717, 1.165) is 6.42 Å². The molecular formula is C26H37NaO4S. The van der Waals surface area contributed by atoms with Crippen molar-refractivity contribution in [1.29, 1.82) is 0 Å². The summed E-state index contributed by atoms with van der Waals surface area (Å²) in [6, 6.07) is 13.5. The van der Waals surface area contributed by atoms with Crippen molar-refractivity contribution in [2.24, 2.45) is 0 Å². The van der Waals surface area contributed by atoms with Crippen LogP contribution < -0.4 is 34.3 Å². The molecule has 0 aliphatic carbocycles. The van der Waals surface area contributed by atoms with E-state index < -0.39 is 10.1 Å². The van der Waals surface area contributed by atoms with Crippen molar-refractivity contribution in [3.05, 3.63) is 54.1 Å². The summed E-state index contributed by atoms with van der Waals surface area (Å²) in [6.45, 7) is 2.27. The molecule has 32 heavy (non-hydrogen) atoms. The first-order chi connectivity index (χ1) is 15.0. The standard InChI is InChI=1S/C26H38O4S.Na/c1-2-3-4-5-6-7-8-9-10-11-12-13-14-23-15-17-24(18-16-23)30-25-19-21-26(22-20-25)31(27,28)29;/h15-22H,2-14H2,1H3,(H,27,28,29);/q;+1/p-1. The third-order valence-corrected chi connectivity index (χ3v) is 6.44. The first-order valence-corrected chi connectivity index (χ1v) is 13.2. The predicted molar refractivity (Wildman–Crippen MR) is 126 cm³/mol. The van der Waals surface area contributed by atoms with Gasteiger partial charge < -0.3 is 9.29 Å². The molecule has 172 valence electrons. The van der Waals surface area contributed by atoms with E-state index in [1.165, 1.54) is 107 Å². The van der Waals surface area contributed by atoms with Gasteiger partial charge in [-0.1, -0.05) is 89.7 Å². The minimum atomic E-state index is -4.43. The van der Waals surface area contributed by atoms with Gasteiger partial charge in [0.2, 0.25) is 0 Å². The third-order valence-electron chi connectivity index (χ3n) is 5.59. The van der Waals surface area contributed by atoms with Gasteiger partial charge in [-0.2, -0.15) is 0 Å². The van der Waals surface area contributed by atoms with Gasteiger partial charge in [0.15, 0.2) is 0 Å². The average Bonchev–Trinajstić information content (AvgIpc) is 2.75. The molecule has 2 rings (SSSR count). The summed E-state index contributed by atoms with van der Waals surface area (Å²) in [5, 5.41) is 0. The van der Waals surface area contributed by atoms with Gasteiger partial charge >= 0.3 is 29.6 Å². The van der Waals surface area contributed by atoms with Crippen molar-refractivity contribution in [3.8, 4) is 11.5 Å². The molecule has 0 heterocycles. The van der Waals surface area contributed by atoms with Crippen molar-refractivity contribution >= 4 is 10.1 Å². The van der Waals surface area contributed by atoms with Gasteiger partial charge in [0.05, 0.1) is 4.90 Å². The Morgan fingerprint density at radius 3 is 1.50 bits per heavy atom. The molecule has 0 aliphatic heterocycles. The minimum absolute atomic E-state index is 0. The Kier molecular flexibility index (Phi) is 15.2. The van der Waals surface area contributed by atoms with Crippen LogP contribution in [-0.2, 0) is 16.5 Å². The van der Waals surface area contributed by atoms with Gasteiger partial charge in [-0.25, -0.2) is 8.42 Å². The number of unbranched alkanes of at least 4 members (excludes halogenated alkanes) is 11. The van der Waals surface area contributed by atoms with E-state index in [4.69, 9.17) is 4.74 Å². The molecule has 0 saturated carbocycles. The van der Waals surface area contributed by atoms with E-state index in [1.807, 2.05) is 12.1 Å². The second-order valence-corrected chi connectivity index (χ2v) is 9.69. The molecule has 6 heteroatoms. The maximum absolute atomic E-state index is 11.0. The molecule has 4 nitrogen and oxygen atoms in total. The number of hydrogen-bond acceptors (Lipinski definition) is 4. The predicted octanol–water partition coefficient (Wildman–Crippen LogP) is 4.63. The van der Waals surface area contributed by atoms with Crippen LogP contribution in [0.4, 0.5) is 0 Å². The summed E-state index contributed by atoms with van der Waals surface area (Å²) in [4.78, 5) is -0.252. The summed E-state index contributed by atoms with van der Waals surface area (Å²) in [5.74, 6) is 1.19. The molecule has 0 spiro atoms. The van der Waals surface area contributed by atoms with Crippen LogP contribution in [0.15, 0.2) is 53.4 Å². The van der Waals surface area contributed by atoms with Crippen molar-refractivity contribution in [2.75, 3.05) is 0 Å². The monoisotopic (exact) mass is 468 g/mol. The second kappa shape index (κ2) is 16.7. The Labute approximate surface area is 217 Å². The fourth-order valence-corrected chi connectivity index (χ4v) is 4.17. The quantitative estimate of drug-likeness (QED) is 0.205. The van der Waals surface area contributed by atoms with Gasteiger partial charge in [-0.05, 0) is 54.8 Å². The molecule has 2 aromatic carbocycles. The fourth-order valence-electron chi connectivity index (χ4n) is 3.70. The van der Waals surface area contributed by atoms with Gasteiger partial charge in [-0.15, -0.1) is 0 Å².